The average Bonchev–Trinajstić information content (AvgIpc) is 2.28. The predicted octanol–water partition coefficient (Wildman–Crippen LogP) is 3.73. The van der Waals surface area contributed by atoms with E-state index >= 15 is 0 Å². The van der Waals surface area contributed by atoms with Crippen LogP contribution in [-0.4, -0.2) is 6.04 Å². The Morgan fingerprint density at radius 1 is 1.50 bits per heavy atom. The van der Waals surface area contributed by atoms with Crippen LogP contribution in [-0.2, 0) is 6.42 Å². The summed E-state index contributed by atoms with van der Waals surface area (Å²) in [5.41, 5.74) is 6.06. The summed E-state index contributed by atoms with van der Waals surface area (Å²) in [5, 5.41) is 0. The Bertz CT molecular complexity index is 274. The molecule has 1 nitrogen and oxygen atoms in total. The van der Waals surface area contributed by atoms with Gasteiger partial charge in [-0.2, -0.15) is 0 Å². The lowest BCUT2D eigenvalue weighted by Crippen LogP contribution is -2.24. The minimum atomic E-state index is 0.306. The first-order valence-electron chi connectivity index (χ1n) is 4.99. The van der Waals surface area contributed by atoms with Gasteiger partial charge in [-0.3, -0.25) is 0 Å². The first-order chi connectivity index (χ1) is 6.49. The summed E-state index contributed by atoms with van der Waals surface area (Å²) < 4.78 is 1.22. The molecule has 0 saturated carbocycles. The molecule has 1 aromatic rings. The van der Waals surface area contributed by atoms with Crippen LogP contribution in [0.5, 0.6) is 0 Å². The van der Waals surface area contributed by atoms with E-state index in [1.165, 1.54) is 14.2 Å². The second-order valence-corrected chi connectivity index (χ2v) is 6.41. The van der Waals surface area contributed by atoms with Crippen LogP contribution < -0.4 is 5.73 Å². The van der Waals surface area contributed by atoms with Gasteiger partial charge in [0.1, 0.15) is 0 Å². The molecular formula is C11H18BrNS. The van der Waals surface area contributed by atoms with Crippen LogP contribution in [0.3, 0.4) is 0 Å². The van der Waals surface area contributed by atoms with Crippen molar-refractivity contribution in [3.63, 3.8) is 0 Å². The third-order valence-corrected chi connectivity index (χ3v) is 4.30. The van der Waals surface area contributed by atoms with Crippen molar-refractivity contribution in [3.8, 4) is 0 Å². The molecule has 0 radical (unpaired) electrons. The smallest absolute Gasteiger partial charge is 0.0314 e. The van der Waals surface area contributed by atoms with E-state index in [9.17, 15) is 0 Å². The van der Waals surface area contributed by atoms with Crippen LogP contribution in [0.15, 0.2) is 10.5 Å². The normalized spacial score (nSPS) is 13.6. The standard InChI is InChI=1S/C11H18BrNS/c1-7(2)4-9(13)5-10-6-11(12)8(3)14-10/h6-7,9H,4-5,13H2,1-3H3. The lowest BCUT2D eigenvalue weighted by molar-refractivity contribution is 0.495. The lowest BCUT2D eigenvalue weighted by atomic mass is 10.0. The highest BCUT2D eigenvalue weighted by atomic mass is 79.9. The largest absolute Gasteiger partial charge is 0.327 e. The molecule has 3 heteroatoms. The van der Waals surface area contributed by atoms with Gasteiger partial charge < -0.3 is 5.73 Å². The van der Waals surface area contributed by atoms with E-state index < -0.39 is 0 Å². The maximum atomic E-state index is 6.06. The maximum absolute atomic E-state index is 6.06. The van der Waals surface area contributed by atoms with Gasteiger partial charge in [-0.15, -0.1) is 11.3 Å². The first kappa shape index (κ1) is 12.2. The second-order valence-electron chi connectivity index (χ2n) is 4.21. The summed E-state index contributed by atoms with van der Waals surface area (Å²) in [7, 11) is 0. The Morgan fingerprint density at radius 2 is 2.14 bits per heavy atom. The Hall–Kier alpha value is 0.140. The van der Waals surface area contributed by atoms with Gasteiger partial charge in [0, 0.05) is 20.3 Å². The first-order valence-corrected chi connectivity index (χ1v) is 6.60. The predicted molar refractivity (Wildman–Crippen MR) is 67.9 cm³/mol. The molecule has 0 aromatic carbocycles. The minimum absolute atomic E-state index is 0.306. The molecule has 1 rings (SSSR count). The molecule has 0 bridgehead atoms. The summed E-state index contributed by atoms with van der Waals surface area (Å²) in [6.45, 7) is 6.57. The molecule has 1 heterocycles. The molecule has 1 atom stereocenters. The maximum Gasteiger partial charge on any atom is 0.0314 e. The number of rotatable bonds is 4. The zero-order valence-corrected chi connectivity index (χ0v) is 11.4. The van der Waals surface area contributed by atoms with Crippen LogP contribution in [0.1, 0.15) is 30.0 Å². The van der Waals surface area contributed by atoms with Crippen LogP contribution in [0.25, 0.3) is 0 Å². The fourth-order valence-electron chi connectivity index (χ4n) is 1.57. The third kappa shape index (κ3) is 3.71. The van der Waals surface area contributed by atoms with Gasteiger partial charge in [-0.1, -0.05) is 13.8 Å². The van der Waals surface area contributed by atoms with Crippen molar-refractivity contribution in [1.29, 1.82) is 0 Å². The molecular weight excluding hydrogens is 258 g/mol. The number of hydrogen-bond acceptors (Lipinski definition) is 2. The number of aryl methyl sites for hydroxylation is 1. The molecule has 0 amide bonds. The van der Waals surface area contributed by atoms with Gasteiger partial charge in [0.25, 0.3) is 0 Å². The second kappa shape index (κ2) is 5.29. The van der Waals surface area contributed by atoms with Crippen LogP contribution in [0.2, 0.25) is 0 Å². The van der Waals surface area contributed by atoms with E-state index in [4.69, 9.17) is 5.73 Å². The quantitative estimate of drug-likeness (QED) is 0.890. The van der Waals surface area contributed by atoms with Gasteiger partial charge >= 0.3 is 0 Å². The Labute approximate surface area is 98.8 Å². The monoisotopic (exact) mass is 275 g/mol. The number of hydrogen-bond donors (Lipinski definition) is 1. The average molecular weight is 276 g/mol. The van der Waals surface area contributed by atoms with Crippen LogP contribution >= 0.6 is 27.3 Å². The van der Waals surface area contributed by atoms with E-state index in [1.54, 1.807) is 0 Å². The minimum Gasteiger partial charge on any atom is -0.327 e. The molecule has 0 saturated heterocycles. The molecule has 1 unspecified atom stereocenters. The van der Waals surface area contributed by atoms with Crippen molar-refractivity contribution in [3.05, 3.63) is 20.3 Å². The highest BCUT2D eigenvalue weighted by molar-refractivity contribution is 9.10. The molecule has 0 fully saturated rings. The Morgan fingerprint density at radius 3 is 2.57 bits per heavy atom. The highest BCUT2D eigenvalue weighted by Crippen LogP contribution is 2.27. The number of nitrogens with two attached hydrogens (primary N) is 1. The summed E-state index contributed by atoms with van der Waals surface area (Å²) in [5.74, 6) is 0.689. The van der Waals surface area contributed by atoms with E-state index in [-0.39, 0.29) is 0 Å². The van der Waals surface area contributed by atoms with Crippen LogP contribution in [0, 0.1) is 12.8 Å². The van der Waals surface area contributed by atoms with Gasteiger partial charge in [0.15, 0.2) is 0 Å². The van der Waals surface area contributed by atoms with E-state index in [0.717, 1.165) is 12.8 Å². The van der Waals surface area contributed by atoms with Crippen molar-refractivity contribution in [1.82, 2.24) is 0 Å². The molecule has 80 valence electrons. The van der Waals surface area contributed by atoms with Crippen molar-refractivity contribution in [2.24, 2.45) is 11.7 Å². The summed E-state index contributed by atoms with van der Waals surface area (Å²) in [4.78, 5) is 2.74. The van der Waals surface area contributed by atoms with Crippen LogP contribution in [0.4, 0.5) is 0 Å². The van der Waals surface area contributed by atoms with E-state index in [2.05, 4.69) is 42.8 Å². The summed E-state index contributed by atoms with van der Waals surface area (Å²) in [6.07, 6.45) is 2.11. The molecule has 0 spiro atoms. The summed E-state index contributed by atoms with van der Waals surface area (Å²) >= 11 is 5.37. The molecule has 0 aliphatic rings. The van der Waals surface area contributed by atoms with Crippen molar-refractivity contribution in [2.75, 3.05) is 0 Å². The Balaban J connectivity index is 2.51. The number of halogens is 1. The van der Waals surface area contributed by atoms with Crippen molar-refractivity contribution < 1.29 is 0 Å². The topological polar surface area (TPSA) is 26.0 Å². The fourth-order valence-corrected chi connectivity index (χ4v) is 3.26. The molecule has 2 N–H and O–H groups in total. The lowest BCUT2D eigenvalue weighted by Gasteiger charge is -2.12. The van der Waals surface area contributed by atoms with Gasteiger partial charge in [0.05, 0.1) is 0 Å². The summed E-state index contributed by atoms with van der Waals surface area (Å²) in [6, 6.07) is 2.50. The van der Waals surface area contributed by atoms with Gasteiger partial charge in [-0.05, 0) is 47.7 Å². The van der Waals surface area contributed by atoms with Crippen molar-refractivity contribution >= 4 is 27.3 Å². The van der Waals surface area contributed by atoms with E-state index in [1.807, 2.05) is 11.3 Å². The molecule has 0 aliphatic heterocycles. The molecule has 1 aromatic heterocycles. The zero-order valence-electron chi connectivity index (χ0n) is 9.01. The number of thiophene rings is 1. The van der Waals surface area contributed by atoms with Gasteiger partial charge in [0.2, 0.25) is 0 Å². The molecule has 0 aliphatic carbocycles. The SMILES string of the molecule is Cc1sc(CC(N)CC(C)C)cc1Br. The third-order valence-electron chi connectivity index (χ3n) is 2.15. The highest BCUT2D eigenvalue weighted by Gasteiger charge is 2.09. The fraction of sp³-hybridized carbons (Fsp3) is 0.636. The van der Waals surface area contributed by atoms with E-state index in [0.29, 0.717) is 12.0 Å². The Kier molecular flexibility index (Phi) is 4.61. The van der Waals surface area contributed by atoms with Gasteiger partial charge in [-0.25, -0.2) is 0 Å². The zero-order chi connectivity index (χ0) is 10.7. The van der Waals surface area contributed by atoms with Crippen molar-refractivity contribution in [2.45, 2.75) is 39.7 Å². The molecule has 14 heavy (non-hydrogen) atoms.